The zero-order valence-electron chi connectivity index (χ0n) is 11.4. The number of rotatable bonds is 10. The van der Waals surface area contributed by atoms with Crippen molar-refractivity contribution in [1.29, 1.82) is 0 Å². The lowest BCUT2D eigenvalue weighted by atomic mass is 9.97. The van der Waals surface area contributed by atoms with Crippen LogP contribution in [0.25, 0.3) is 0 Å². The second-order valence-electron chi connectivity index (χ2n) is 4.53. The monoisotopic (exact) mass is 303 g/mol. The van der Waals surface area contributed by atoms with E-state index in [1.807, 2.05) is 0 Å². The molecule has 1 unspecified atom stereocenters. The molecule has 0 bridgehead atoms. The number of carbonyl (C=O) groups excluding carboxylic acids is 1. The third kappa shape index (κ3) is 7.84. The van der Waals surface area contributed by atoms with Gasteiger partial charge in [-0.1, -0.05) is 0 Å². The Morgan fingerprint density at radius 3 is 1.95 bits per heavy atom. The van der Waals surface area contributed by atoms with E-state index in [2.05, 4.69) is 4.99 Å². The second-order valence-corrected chi connectivity index (χ2v) is 4.53. The molecule has 0 saturated carbocycles. The summed E-state index contributed by atoms with van der Waals surface area (Å²) in [6.45, 7) is 0. The maximum atomic E-state index is 12.0. The number of carboxylic acids is 2. The van der Waals surface area contributed by atoms with Crippen LogP contribution in [0.1, 0.15) is 25.7 Å². The highest BCUT2D eigenvalue weighted by Gasteiger charge is 2.26. The van der Waals surface area contributed by atoms with Gasteiger partial charge in [-0.25, -0.2) is 4.99 Å². The Morgan fingerprint density at radius 2 is 1.52 bits per heavy atom. The number of nitrogens with zero attached hydrogens (tertiary/aromatic N) is 1. The average molecular weight is 303 g/mol. The van der Waals surface area contributed by atoms with E-state index in [1.54, 1.807) is 0 Å². The fraction of sp³-hybridized carbons (Fsp3) is 0.636. The number of hydrogen-bond acceptors (Lipinski definition) is 6. The number of ketones is 1. The van der Waals surface area contributed by atoms with E-state index < -0.39 is 35.8 Å². The van der Waals surface area contributed by atoms with Crippen molar-refractivity contribution >= 4 is 23.7 Å². The lowest BCUT2D eigenvalue weighted by Crippen LogP contribution is -2.41. The first-order chi connectivity index (χ1) is 9.65. The molecular weight excluding hydrogens is 282 g/mol. The van der Waals surface area contributed by atoms with Crippen LogP contribution in [0, 0.1) is 0 Å². The average Bonchev–Trinajstić information content (AvgIpc) is 2.38. The molecule has 21 heavy (non-hydrogen) atoms. The number of hydrogen-bond donors (Lipinski definition) is 6. The summed E-state index contributed by atoms with van der Waals surface area (Å²) in [5, 5.41) is 17.2. The molecule has 0 aliphatic heterocycles. The van der Waals surface area contributed by atoms with Crippen LogP contribution in [0.2, 0.25) is 0 Å². The molecule has 0 amide bonds. The first kappa shape index (κ1) is 18.8. The van der Waals surface area contributed by atoms with E-state index in [4.69, 9.17) is 33.1 Å². The first-order valence-corrected chi connectivity index (χ1v) is 6.23. The third-order valence-corrected chi connectivity index (χ3v) is 2.74. The normalized spacial score (nSPS) is 14.8. The molecular formula is C11H21N5O5. The minimum absolute atomic E-state index is 0.00493. The Morgan fingerprint density at radius 1 is 0.952 bits per heavy atom. The summed E-state index contributed by atoms with van der Waals surface area (Å²) >= 11 is 0. The molecule has 0 heterocycles. The van der Waals surface area contributed by atoms with Crippen molar-refractivity contribution in [3.05, 3.63) is 0 Å². The Bertz CT molecular complexity index is 421. The van der Waals surface area contributed by atoms with Gasteiger partial charge in [-0.2, -0.15) is 0 Å². The zero-order chi connectivity index (χ0) is 16.6. The summed E-state index contributed by atoms with van der Waals surface area (Å²) in [5.74, 6) is -3.18. The third-order valence-electron chi connectivity index (χ3n) is 2.74. The second kappa shape index (κ2) is 8.87. The lowest BCUT2D eigenvalue weighted by molar-refractivity contribution is -0.139. The summed E-state index contributed by atoms with van der Waals surface area (Å²) in [6, 6.07) is -3.23. The number of nitrogens with two attached hydrogens (primary N) is 4. The number of aliphatic imine (C=N–C) groups is 1. The number of aliphatic carboxylic acids is 2. The molecule has 120 valence electrons. The molecule has 0 aromatic heterocycles. The van der Waals surface area contributed by atoms with E-state index in [9.17, 15) is 14.4 Å². The summed E-state index contributed by atoms with van der Waals surface area (Å²) < 4.78 is 0. The highest BCUT2D eigenvalue weighted by molar-refractivity contribution is 5.91. The number of guanidine groups is 1. The number of carboxylic acid groups (broad SMARTS) is 2. The van der Waals surface area contributed by atoms with E-state index in [-0.39, 0.29) is 31.6 Å². The fourth-order valence-electron chi connectivity index (χ4n) is 1.58. The smallest absolute Gasteiger partial charge is 0.320 e. The molecule has 0 aliphatic carbocycles. The van der Waals surface area contributed by atoms with E-state index in [0.717, 1.165) is 0 Å². The quantitative estimate of drug-likeness (QED) is 0.187. The molecule has 0 saturated heterocycles. The molecule has 10 heteroatoms. The van der Waals surface area contributed by atoms with Crippen LogP contribution in [0.4, 0.5) is 0 Å². The summed E-state index contributed by atoms with van der Waals surface area (Å²) in [7, 11) is 0. The Balaban J connectivity index is 4.73. The van der Waals surface area contributed by atoms with Crippen molar-refractivity contribution in [2.45, 2.75) is 43.8 Å². The van der Waals surface area contributed by atoms with Gasteiger partial charge in [-0.15, -0.1) is 0 Å². The Hall–Kier alpha value is -2.20. The van der Waals surface area contributed by atoms with Crippen LogP contribution >= 0.6 is 0 Å². The number of carbonyl (C=O) groups is 3. The van der Waals surface area contributed by atoms with Crippen LogP contribution in [-0.2, 0) is 14.4 Å². The van der Waals surface area contributed by atoms with Crippen molar-refractivity contribution in [3.8, 4) is 0 Å². The zero-order valence-corrected chi connectivity index (χ0v) is 11.4. The fourth-order valence-corrected chi connectivity index (χ4v) is 1.58. The minimum Gasteiger partial charge on any atom is -0.481 e. The molecule has 0 fully saturated rings. The van der Waals surface area contributed by atoms with Gasteiger partial charge in [0.25, 0.3) is 0 Å². The van der Waals surface area contributed by atoms with Crippen LogP contribution in [0.15, 0.2) is 4.99 Å². The van der Waals surface area contributed by atoms with Crippen LogP contribution in [0.5, 0.6) is 0 Å². The standard InChI is InChI=1S/C11H21N5O5/c12-5(2-4-8(17)18)9(19)7(16-11(14)15)3-1-6(13)10(20)21/h5-7H,1-4,12-13H2,(H,17,18)(H,20,21)(H4,14,15,16)/t5-,6-,7?/m0/s1. The molecule has 0 aromatic carbocycles. The predicted molar refractivity (Wildman–Crippen MR) is 74.3 cm³/mol. The topological polar surface area (TPSA) is 208 Å². The summed E-state index contributed by atoms with van der Waals surface area (Å²) in [5.41, 5.74) is 21.4. The van der Waals surface area contributed by atoms with Gasteiger partial charge in [0.15, 0.2) is 11.7 Å². The summed E-state index contributed by atoms with van der Waals surface area (Å²) in [4.78, 5) is 36.8. The van der Waals surface area contributed by atoms with E-state index >= 15 is 0 Å². The minimum atomic E-state index is -1.21. The molecule has 3 atom stereocenters. The maximum absolute atomic E-state index is 12.0. The van der Waals surface area contributed by atoms with Crippen molar-refractivity contribution < 1.29 is 24.6 Å². The molecule has 0 aliphatic rings. The molecule has 10 N–H and O–H groups in total. The largest absolute Gasteiger partial charge is 0.481 e. The van der Waals surface area contributed by atoms with Gasteiger partial charge < -0.3 is 33.1 Å². The Kier molecular flexibility index (Phi) is 7.94. The molecule has 0 aromatic rings. The Labute approximate surface area is 121 Å². The van der Waals surface area contributed by atoms with Gasteiger partial charge in [-0.05, 0) is 19.3 Å². The first-order valence-electron chi connectivity index (χ1n) is 6.23. The van der Waals surface area contributed by atoms with Gasteiger partial charge in [0.05, 0.1) is 6.04 Å². The van der Waals surface area contributed by atoms with Crippen molar-refractivity contribution in [1.82, 2.24) is 0 Å². The highest BCUT2D eigenvalue weighted by atomic mass is 16.4. The van der Waals surface area contributed by atoms with Crippen molar-refractivity contribution in [3.63, 3.8) is 0 Å². The van der Waals surface area contributed by atoms with E-state index in [0.29, 0.717) is 0 Å². The van der Waals surface area contributed by atoms with Crippen molar-refractivity contribution in [2.24, 2.45) is 27.9 Å². The van der Waals surface area contributed by atoms with Gasteiger partial charge in [0.1, 0.15) is 12.1 Å². The molecule has 0 rings (SSSR count). The molecule has 0 radical (unpaired) electrons. The van der Waals surface area contributed by atoms with Crippen LogP contribution in [-0.4, -0.2) is 52.0 Å². The predicted octanol–water partition coefficient (Wildman–Crippen LogP) is -2.42. The number of Topliss-reactive ketones (excluding diaryl/α,β-unsaturated/α-hetero) is 1. The maximum Gasteiger partial charge on any atom is 0.320 e. The van der Waals surface area contributed by atoms with Crippen molar-refractivity contribution in [2.75, 3.05) is 0 Å². The summed E-state index contributed by atoms with van der Waals surface area (Å²) in [6.07, 6.45) is -0.342. The van der Waals surface area contributed by atoms with Gasteiger partial charge in [0.2, 0.25) is 0 Å². The van der Waals surface area contributed by atoms with Gasteiger partial charge in [-0.3, -0.25) is 14.4 Å². The van der Waals surface area contributed by atoms with Crippen LogP contribution in [0.3, 0.4) is 0 Å². The highest BCUT2D eigenvalue weighted by Crippen LogP contribution is 2.10. The molecule has 10 nitrogen and oxygen atoms in total. The van der Waals surface area contributed by atoms with Gasteiger partial charge >= 0.3 is 11.9 Å². The van der Waals surface area contributed by atoms with E-state index in [1.165, 1.54) is 0 Å². The molecule has 0 spiro atoms. The SMILES string of the molecule is NC(N)=NC(CC[C@H](N)C(=O)O)C(=O)[C@@H](N)CCC(=O)O. The lowest BCUT2D eigenvalue weighted by Gasteiger charge is -2.17. The van der Waals surface area contributed by atoms with Gasteiger partial charge in [0, 0.05) is 6.42 Å². The van der Waals surface area contributed by atoms with Crippen LogP contribution < -0.4 is 22.9 Å².